The summed E-state index contributed by atoms with van der Waals surface area (Å²) in [5.41, 5.74) is 2.97. The molecular formula is C15H14N2O4. The molecule has 0 fully saturated rings. The second-order valence-corrected chi connectivity index (χ2v) is 4.59. The molecule has 6 heteroatoms. The van der Waals surface area contributed by atoms with Crippen LogP contribution < -0.4 is 0 Å². The van der Waals surface area contributed by atoms with Crippen molar-refractivity contribution in [3.05, 3.63) is 69.2 Å². The Labute approximate surface area is 121 Å². The van der Waals surface area contributed by atoms with E-state index in [2.05, 4.69) is 0 Å². The normalized spacial score (nSPS) is 11.0. The number of para-hydroxylation sites is 1. The standard InChI is InChI=1S/C15H14N2O4/c1-10-9-12(7-8-16(20)21)11(2)17(10)14-6-4-3-5-13(14)15(18)19/h3-9H,1-2H3,(H,18,19)/b8-7-. The van der Waals surface area contributed by atoms with E-state index >= 15 is 0 Å². The van der Waals surface area contributed by atoms with Gasteiger partial charge in [-0.1, -0.05) is 12.1 Å². The first-order valence-electron chi connectivity index (χ1n) is 6.25. The van der Waals surface area contributed by atoms with Crippen LogP contribution >= 0.6 is 0 Å². The van der Waals surface area contributed by atoms with Crippen LogP contribution in [0, 0.1) is 24.0 Å². The topological polar surface area (TPSA) is 85.4 Å². The molecule has 21 heavy (non-hydrogen) atoms. The van der Waals surface area contributed by atoms with Crippen LogP contribution in [-0.4, -0.2) is 20.6 Å². The van der Waals surface area contributed by atoms with Crippen molar-refractivity contribution >= 4 is 12.0 Å². The highest BCUT2D eigenvalue weighted by Gasteiger charge is 2.15. The maximum atomic E-state index is 11.3. The minimum absolute atomic E-state index is 0.184. The van der Waals surface area contributed by atoms with Crippen molar-refractivity contribution in [3.8, 4) is 5.69 Å². The lowest BCUT2D eigenvalue weighted by Gasteiger charge is -2.12. The summed E-state index contributed by atoms with van der Waals surface area (Å²) < 4.78 is 1.78. The van der Waals surface area contributed by atoms with Gasteiger partial charge in [0.25, 0.3) is 0 Å². The van der Waals surface area contributed by atoms with E-state index < -0.39 is 10.9 Å². The minimum Gasteiger partial charge on any atom is -0.478 e. The molecule has 108 valence electrons. The minimum atomic E-state index is -1.01. The van der Waals surface area contributed by atoms with Crippen molar-refractivity contribution in [1.29, 1.82) is 0 Å². The van der Waals surface area contributed by atoms with Crippen LogP contribution in [0.3, 0.4) is 0 Å². The zero-order chi connectivity index (χ0) is 15.6. The van der Waals surface area contributed by atoms with Crippen LogP contribution in [0.2, 0.25) is 0 Å². The summed E-state index contributed by atoms with van der Waals surface area (Å²) in [5.74, 6) is -1.01. The highest BCUT2D eigenvalue weighted by atomic mass is 16.6. The van der Waals surface area contributed by atoms with Gasteiger partial charge in [-0.25, -0.2) is 4.79 Å². The number of benzene rings is 1. The van der Waals surface area contributed by atoms with Gasteiger partial charge in [-0.05, 0) is 32.0 Å². The molecule has 0 radical (unpaired) electrons. The number of hydrogen-bond acceptors (Lipinski definition) is 3. The van der Waals surface area contributed by atoms with Gasteiger partial charge in [-0.15, -0.1) is 0 Å². The Bertz CT molecular complexity index is 744. The summed E-state index contributed by atoms with van der Waals surface area (Å²) in [6.45, 7) is 3.63. The SMILES string of the molecule is Cc1cc(/C=C\[N+](=O)[O-])c(C)n1-c1ccccc1C(=O)O. The lowest BCUT2D eigenvalue weighted by atomic mass is 10.1. The van der Waals surface area contributed by atoms with Gasteiger partial charge >= 0.3 is 5.97 Å². The second kappa shape index (κ2) is 5.62. The number of aromatic nitrogens is 1. The number of carboxylic acid groups (broad SMARTS) is 1. The van der Waals surface area contributed by atoms with Crippen molar-refractivity contribution in [1.82, 2.24) is 4.57 Å². The average molecular weight is 286 g/mol. The predicted octanol–water partition coefficient (Wildman–Crippen LogP) is 3.04. The van der Waals surface area contributed by atoms with Gasteiger partial charge in [-0.2, -0.15) is 0 Å². The maximum absolute atomic E-state index is 11.3. The largest absolute Gasteiger partial charge is 0.478 e. The first kappa shape index (κ1) is 14.5. The fourth-order valence-electron chi connectivity index (χ4n) is 2.32. The number of carbonyl (C=O) groups is 1. The third-order valence-corrected chi connectivity index (χ3v) is 3.22. The smallest absolute Gasteiger partial charge is 0.337 e. The van der Waals surface area contributed by atoms with E-state index in [9.17, 15) is 20.0 Å². The molecule has 0 atom stereocenters. The summed E-state index contributed by atoms with van der Waals surface area (Å²) in [6, 6.07) is 8.45. The molecule has 2 aromatic rings. The number of hydrogen-bond donors (Lipinski definition) is 1. The van der Waals surface area contributed by atoms with Gasteiger partial charge in [0.2, 0.25) is 6.20 Å². The molecule has 0 saturated heterocycles. The Morgan fingerprint density at radius 3 is 2.62 bits per heavy atom. The van der Waals surface area contributed by atoms with E-state index in [1.807, 2.05) is 6.92 Å². The van der Waals surface area contributed by atoms with Crippen molar-refractivity contribution in [2.75, 3.05) is 0 Å². The number of nitro groups is 1. The van der Waals surface area contributed by atoms with Crippen molar-refractivity contribution in [3.63, 3.8) is 0 Å². The molecule has 0 spiro atoms. The highest BCUT2D eigenvalue weighted by molar-refractivity contribution is 5.92. The number of rotatable bonds is 4. The fraction of sp³-hybridized carbons (Fsp3) is 0.133. The predicted molar refractivity (Wildman–Crippen MR) is 78.2 cm³/mol. The van der Waals surface area contributed by atoms with E-state index in [0.29, 0.717) is 11.3 Å². The average Bonchev–Trinajstić information content (AvgIpc) is 2.71. The number of aromatic carboxylic acids is 1. The Kier molecular flexibility index (Phi) is 3.89. The van der Waals surface area contributed by atoms with Gasteiger partial charge in [0.1, 0.15) is 0 Å². The van der Waals surface area contributed by atoms with Crippen LogP contribution in [0.15, 0.2) is 36.5 Å². The van der Waals surface area contributed by atoms with Crippen LogP contribution in [0.4, 0.5) is 0 Å². The van der Waals surface area contributed by atoms with E-state index in [1.54, 1.807) is 35.8 Å². The van der Waals surface area contributed by atoms with Crippen molar-refractivity contribution in [2.24, 2.45) is 0 Å². The van der Waals surface area contributed by atoms with E-state index in [-0.39, 0.29) is 5.56 Å². The second-order valence-electron chi connectivity index (χ2n) is 4.59. The molecule has 0 bridgehead atoms. The molecule has 1 N–H and O–H groups in total. The van der Waals surface area contributed by atoms with E-state index in [4.69, 9.17) is 0 Å². The molecule has 0 aliphatic heterocycles. The van der Waals surface area contributed by atoms with Gasteiger partial charge in [0.05, 0.1) is 16.2 Å². The lowest BCUT2D eigenvalue weighted by molar-refractivity contribution is -0.400. The Morgan fingerprint density at radius 1 is 1.33 bits per heavy atom. The molecule has 0 unspecified atom stereocenters. The highest BCUT2D eigenvalue weighted by Crippen LogP contribution is 2.24. The third kappa shape index (κ3) is 2.84. The molecule has 6 nitrogen and oxygen atoms in total. The molecule has 1 aromatic heterocycles. The first-order valence-corrected chi connectivity index (χ1v) is 6.25. The quantitative estimate of drug-likeness (QED) is 0.691. The molecule has 1 aromatic carbocycles. The summed E-state index contributed by atoms with van der Waals surface area (Å²) in [6.07, 6.45) is 2.28. The zero-order valence-electron chi connectivity index (χ0n) is 11.6. The first-order chi connectivity index (χ1) is 9.91. The lowest BCUT2D eigenvalue weighted by Crippen LogP contribution is -2.07. The molecule has 0 saturated carbocycles. The molecule has 1 heterocycles. The van der Waals surface area contributed by atoms with E-state index in [0.717, 1.165) is 17.6 Å². The summed E-state index contributed by atoms with van der Waals surface area (Å²) in [7, 11) is 0. The van der Waals surface area contributed by atoms with Gasteiger partial charge < -0.3 is 9.67 Å². The Hall–Kier alpha value is -2.89. The summed E-state index contributed by atoms with van der Waals surface area (Å²) in [4.78, 5) is 21.2. The summed E-state index contributed by atoms with van der Waals surface area (Å²) in [5, 5.41) is 19.7. The molecule has 0 aliphatic rings. The van der Waals surface area contributed by atoms with Crippen LogP contribution in [-0.2, 0) is 0 Å². The summed E-state index contributed by atoms with van der Waals surface area (Å²) >= 11 is 0. The molecule has 2 rings (SSSR count). The molecule has 0 amide bonds. The zero-order valence-corrected chi connectivity index (χ0v) is 11.6. The Morgan fingerprint density at radius 2 is 2.00 bits per heavy atom. The number of nitrogens with zero attached hydrogens (tertiary/aromatic N) is 2. The number of carboxylic acids is 1. The molecule has 0 aliphatic carbocycles. The number of aryl methyl sites for hydroxylation is 1. The van der Waals surface area contributed by atoms with Crippen molar-refractivity contribution in [2.45, 2.75) is 13.8 Å². The van der Waals surface area contributed by atoms with E-state index in [1.165, 1.54) is 12.1 Å². The Balaban J connectivity index is 2.61. The maximum Gasteiger partial charge on any atom is 0.337 e. The third-order valence-electron chi connectivity index (χ3n) is 3.22. The van der Waals surface area contributed by atoms with Gasteiger partial charge in [0, 0.05) is 23.0 Å². The van der Waals surface area contributed by atoms with Crippen molar-refractivity contribution < 1.29 is 14.8 Å². The monoisotopic (exact) mass is 286 g/mol. The van der Waals surface area contributed by atoms with Gasteiger partial charge in [-0.3, -0.25) is 10.1 Å². The fourth-order valence-corrected chi connectivity index (χ4v) is 2.32. The van der Waals surface area contributed by atoms with Crippen LogP contribution in [0.1, 0.15) is 27.3 Å². The molecular weight excluding hydrogens is 272 g/mol. The van der Waals surface area contributed by atoms with Crippen LogP contribution in [0.5, 0.6) is 0 Å². The van der Waals surface area contributed by atoms with Gasteiger partial charge in [0.15, 0.2) is 0 Å². The van der Waals surface area contributed by atoms with Crippen LogP contribution in [0.25, 0.3) is 11.8 Å².